The predicted octanol–water partition coefficient (Wildman–Crippen LogP) is 3.01. The Balaban J connectivity index is 1.52. The van der Waals surface area contributed by atoms with E-state index in [4.69, 9.17) is 4.42 Å². The molecule has 3 heterocycles. The van der Waals surface area contributed by atoms with Crippen molar-refractivity contribution < 1.29 is 13.6 Å². The number of pyridine rings is 1. The molecule has 3 aromatic heterocycles. The van der Waals surface area contributed by atoms with E-state index in [0.717, 1.165) is 0 Å². The van der Waals surface area contributed by atoms with Gasteiger partial charge in [0.15, 0.2) is 5.65 Å². The Morgan fingerprint density at radius 1 is 1.19 bits per heavy atom. The Morgan fingerprint density at radius 2 is 2.00 bits per heavy atom. The summed E-state index contributed by atoms with van der Waals surface area (Å²) in [6.45, 7) is 1.73. The summed E-state index contributed by atoms with van der Waals surface area (Å²) in [7, 11) is 0. The summed E-state index contributed by atoms with van der Waals surface area (Å²) < 4.78 is 20.3. The number of aromatic nitrogens is 4. The monoisotopic (exact) mass is 351 g/mol. The van der Waals surface area contributed by atoms with E-state index in [9.17, 15) is 9.18 Å². The number of halogens is 1. The number of nitrogens with one attached hydrogen (secondary N) is 1. The van der Waals surface area contributed by atoms with Crippen LogP contribution < -0.4 is 5.32 Å². The second-order valence-electron chi connectivity index (χ2n) is 5.71. The fourth-order valence-corrected chi connectivity index (χ4v) is 2.56. The van der Waals surface area contributed by atoms with Crippen molar-refractivity contribution in [3.05, 3.63) is 65.9 Å². The van der Waals surface area contributed by atoms with Gasteiger partial charge in [0, 0.05) is 11.8 Å². The van der Waals surface area contributed by atoms with Crippen molar-refractivity contribution in [1.82, 2.24) is 19.6 Å². The Kier molecular flexibility index (Phi) is 3.92. The Bertz CT molecular complexity index is 1080. The van der Waals surface area contributed by atoms with E-state index in [0.29, 0.717) is 34.5 Å². The van der Waals surface area contributed by atoms with Crippen LogP contribution in [-0.4, -0.2) is 25.5 Å². The highest BCUT2D eigenvalue weighted by Gasteiger charge is 2.16. The molecule has 0 saturated heterocycles. The fourth-order valence-electron chi connectivity index (χ4n) is 2.56. The zero-order chi connectivity index (χ0) is 18.1. The van der Waals surface area contributed by atoms with Gasteiger partial charge in [-0.15, -0.1) is 10.2 Å². The van der Waals surface area contributed by atoms with Gasteiger partial charge >= 0.3 is 0 Å². The summed E-state index contributed by atoms with van der Waals surface area (Å²) >= 11 is 0. The van der Waals surface area contributed by atoms with Gasteiger partial charge in [-0.25, -0.2) is 9.37 Å². The van der Waals surface area contributed by atoms with Crippen molar-refractivity contribution in [2.45, 2.75) is 13.3 Å². The van der Waals surface area contributed by atoms with Crippen molar-refractivity contribution in [2.24, 2.45) is 0 Å². The van der Waals surface area contributed by atoms with E-state index < -0.39 is 0 Å². The largest absolute Gasteiger partial charge is 0.441 e. The van der Waals surface area contributed by atoms with Gasteiger partial charge in [0.25, 0.3) is 0 Å². The van der Waals surface area contributed by atoms with Gasteiger partial charge in [-0.2, -0.15) is 0 Å². The minimum atomic E-state index is -0.336. The number of carbonyl (C=O) groups excluding carboxylic acids is 1. The maximum absolute atomic E-state index is 13.0. The van der Waals surface area contributed by atoms with Crippen molar-refractivity contribution in [2.75, 3.05) is 5.32 Å². The molecule has 8 heteroatoms. The molecule has 1 aromatic carbocycles. The van der Waals surface area contributed by atoms with Crippen molar-refractivity contribution in [3.8, 4) is 11.5 Å². The number of hydrogen-bond donors (Lipinski definition) is 1. The van der Waals surface area contributed by atoms with Crippen LogP contribution in [0.5, 0.6) is 0 Å². The van der Waals surface area contributed by atoms with Gasteiger partial charge in [0.2, 0.25) is 17.7 Å². The normalized spacial score (nSPS) is 11.0. The highest BCUT2D eigenvalue weighted by atomic mass is 19.1. The van der Waals surface area contributed by atoms with Gasteiger partial charge in [0.05, 0.1) is 12.1 Å². The number of fused-ring (bicyclic) bond motifs is 1. The molecule has 0 spiro atoms. The highest BCUT2D eigenvalue weighted by Crippen LogP contribution is 2.22. The molecule has 4 aromatic rings. The first-order chi connectivity index (χ1) is 12.6. The van der Waals surface area contributed by atoms with Gasteiger partial charge in [-0.1, -0.05) is 6.07 Å². The standard InChI is InChI=1S/C18H14FN5O2/c1-11-14(20-17(26-11)12-5-7-13(19)8-6-12)10-16(25)21-18-23-22-15-4-2-3-9-24(15)18/h2-9H,10H2,1H3,(H,21,23,25). The molecule has 1 amide bonds. The molecule has 0 radical (unpaired) electrons. The van der Waals surface area contributed by atoms with Crippen LogP contribution in [0.3, 0.4) is 0 Å². The molecule has 4 rings (SSSR count). The van der Waals surface area contributed by atoms with Crippen molar-refractivity contribution in [3.63, 3.8) is 0 Å². The van der Waals surface area contributed by atoms with Crippen LogP contribution in [-0.2, 0) is 11.2 Å². The number of hydrogen-bond acceptors (Lipinski definition) is 5. The topological polar surface area (TPSA) is 85.3 Å². The molecule has 26 heavy (non-hydrogen) atoms. The van der Waals surface area contributed by atoms with Crippen LogP contribution in [0.2, 0.25) is 0 Å². The third-order valence-corrected chi connectivity index (χ3v) is 3.88. The van der Waals surface area contributed by atoms with Crippen molar-refractivity contribution >= 4 is 17.5 Å². The first-order valence-electron chi connectivity index (χ1n) is 7.92. The van der Waals surface area contributed by atoms with E-state index in [-0.39, 0.29) is 18.1 Å². The third-order valence-electron chi connectivity index (χ3n) is 3.88. The van der Waals surface area contributed by atoms with Gasteiger partial charge < -0.3 is 4.42 Å². The number of rotatable bonds is 4. The minimum absolute atomic E-state index is 0.0261. The highest BCUT2D eigenvalue weighted by molar-refractivity contribution is 5.90. The van der Waals surface area contributed by atoms with Crippen LogP contribution >= 0.6 is 0 Å². The lowest BCUT2D eigenvalue weighted by molar-refractivity contribution is -0.115. The summed E-state index contributed by atoms with van der Waals surface area (Å²) in [5.74, 6) is 0.594. The summed E-state index contributed by atoms with van der Waals surface area (Å²) in [6, 6.07) is 11.3. The molecular formula is C18H14FN5O2. The third kappa shape index (κ3) is 3.04. The lowest BCUT2D eigenvalue weighted by Crippen LogP contribution is -2.17. The van der Waals surface area contributed by atoms with Crippen LogP contribution in [0, 0.1) is 12.7 Å². The molecule has 0 fully saturated rings. The Hall–Kier alpha value is -3.55. The lowest BCUT2D eigenvalue weighted by atomic mass is 10.2. The van der Waals surface area contributed by atoms with Gasteiger partial charge in [0.1, 0.15) is 11.6 Å². The number of amides is 1. The smallest absolute Gasteiger partial charge is 0.235 e. The van der Waals surface area contributed by atoms with E-state index in [1.165, 1.54) is 12.1 Å². The number of carbonyl (C=O) groups is 1. The molecule has 0 aliphatic rings. The molecule has 1 N–H and O–H groups in total. The zero-order valence-corrected chi connectivity index (χ0v) is 13.8. The maximum Gasteiger partial charge on any atom is 0.235 e. The summed E-state index contributed by atoms with van der Waals surface area (Å²) in [4.78, 5) is 16.7. The SMILES string of the molecule is Cc1oc(-c2ccc(F)cc2)nc1CC(=O)Nc1nnc2ccccn12. The van der Waals surface area contributed by atoms with E-state index in [1.807, 2.05) is 12.1 Å². The fraction of sp³-hybridized carbons (Fsp3) is 0.111. The maximum atomic E-state index is 13.0. The van der Waals surface area contributed by atoms with E-state index in [1.54, 1.807) is 35.7 Å². The van der Waals surface area contributed by atoms with Gasteiger partial charge in [-0.05, 0) is 43.3 Å². The van der Waals surface area contributed by atoms with Crippen LogP contribution in [0.1, 0.15) is 11.5 Å². The number of nitrogens with zero attached hydrogens (tertiary/aromatic N) is 4. The molecule has 0 aliphatic carbocycles. The van der Waals surface area contributed by atoms with E-state index >= 15 is 0 Å². The summed E-state index contributed by atoms with van der Waals surface area (Å²) in [6.07, 6.45) is 1.79. The molecule has 0 bridgehead atoms. The zero-order valence-electron chi connectivity index (χ0n) is 13.8. The molecular weight excluding hydrogens is 337 g/mol. The molecule has 7 nitrogen and oxygen atoms in total. The second kappa shape index (κ2) is 6.40. The Labute approximate surface area is 147 Å². The lowest BCUT2D eigenvalue weighted by Gasteiger charge is -2.02. The molecule has 130 valence electrons. The van der Waals surface area contributed by atoms with Gasteiger partial charge in [-0.3, -0.25) is 14.5 Å². The number of aryl methyl sites for hydroxylation is 1. The number of oxazole rings is 1. The summed E-state index contributed by atoms with van der Waals surface area (Å²) in [5.41, 5.74) is 1.79. The van der Waals surface area contributed by atoms with Crippen LogP contribution in [0.4, 0.5) is 10.3 Å². The minimum Gasteiger partial charge on any atom is -0.441 e. The van der Waals surface area contributed by atoms with E-state index in [2.05, 4.69) is 20.5 Å². The first-order valence-corrected chi connectivity index (χ1v) is 7.92. The first kappa shape index (κ1) is 15.9. The molecule has 0 aliphatic heterocycles. The number of anilines is 1. The molecule has 0 atom stereocenters. The average Bonchev–Trinajstić information content (AvgIpc) is 3.20. The second-order valence-corrected chi connectivity index (χ2v) is 5.71. The Morgan fingerprint density at radius 3 is 2.81 bits per heavy atom. The van der Waals surface area contributed by atoms with Crippen LogP contribution in [0.15, 0.2) is 53.1 Å². The van der Waals surface area contributed by atoms with Crippen molar-refractivity contribution in [1.29, 1.82) is 0 Å². The molecule has 0 unspecified atom stereocenters. The predicted molar refractivity (Wildman–Crippen MR) is 92.0 cm³/mol. The summed E-state index contributed by atoms with van der Waals surface area (Å²) in [5, 5.41) is 10.7. The molecule has 0 saturated carbocycles. The quantitative estimate of drug-likeness (QED) is 0.611. The number of benzene rings is 1. The van der Waals surface area contributed by atoms with Crippen LogP contribution in [0.25, 0.3) is 17.1 Å². The average molecular weight is 351 g/mol.